The Labute approximate surface area is 102 Å². The smallest absolute Gasteiger partial charge is 0.0499 e. The maximum atomic E-state index is 9.30. The molecule has 0 radical (unpaired) electrons. The molecule has 90 valence electrons. The van der Waals surface area contributed by atoms with Crippen molar-refractivity contribution in [2.45, 2.75) is 32.7 Å². The summed E-state index contributed by atoms with van der Waals surface area (Å²) in [7, 11) is 0. The third-order valence-electron chi connectivity index (χ3n) is 3.51. The van der Waals surface area contributed by atoms with Gasteiger partial charge in [0.15, 0.2) is 0 Å². The predicted octanol–water partition coefficient (Wildman–Crippen LogP) is 2.81. The molecule has 0 aromatic carbocycles. The van der Waals surface area contributed by atoms with Gasteiger partial charge in [-0.1, -0.05) is 19.9 Å². The van der Waals surface area contributed by atoms with E-state index < -0.39 is 0 Å². The number of aliphatic hydroxyl groups is 1. The van der Waals surface area contributed by atoms with Crippen molar-refractivity contribution >= 4 is 11.3 Å². The molecule has 2 N–H and O–H groups in total. The van der Waals surface area contributed by atoms with Gasteiger partial charge < -0.3 is 10.4 Å². The summed E-state index contributed by atoms with van der Waals surface area (Å²) in [4.78, 5) is 1.41. The van der Waals surface area contributed by atoms with Crippen molar-refractivity contribution in [3.05, 3.63) is 22.4 Å². The fraction of sp³-hybridized carbons (Fsp3) is 0.692. The van der Waals surface area contributed by atoms with E-state index in [-0.39, 0.29) is 5.41 Å². The number of aliphatic hydroxyl groups excluding tert-OH is 1. The topological polar surface area (TPSA) is 32.3 Å². The standard InChI is InChI=1S/C13H21NOS/c1-10(2)12(11-4-3-7-16-11)14-8-13(9-15)5-6-13/h3-4,7,10,12,14-15H,5-6,8-9H2,1-2H3. The highest BCUT2D eigenvalue weighted by Gasteiger charge is 2.42. The minimum atomic E-state index is 0.199. The van der Waals surface area contributed by atoms with E-state index in [0.29, 0.717) is 18.6 Å². The quantitative estimate of drug-likeness (QED) is 0.800. The summed E-state index contributed by atoms with van der Waals surface area (Å²) in [5.41, 5.74) is 0.199. The molecule has 1 unspecified atom stereocenters. The maximum Gasteiger partial charge on any atom is 0.0499 e. The first kappa shape index (κ1) is 12.1. The first-order chi connectivity index (χ1) is 7.67. The second-order valence-corrected chi connectivity index (χ2v) is 6.26. The van der Waals surface area contributed by atoms with Gasteiger partial charge in [-0.05, 0) is 30.2 Å². The van der Waals surface area contributed by atoms with Crippen LogP contribution in [0.2, 0.25) is 0 Å². The summed E-state index contributed by atoms with van der Waals surface area (Å²) in [5, 5.41) is 15.1. The summed E-state index contributed by atoms with van der Waals surface area (Å²) in [6.45, 7) is 5.77. The molecule has 16 heavy (non-hydrogen) atoms. The molecule has 1 fully saturated rings. The predicted molar refractivity (Wildman–Crippen MR) is 68.7 cm³/mol. The van der Waals surface area contributed by atoms with Crippen molar-refractivity contribution in [2.24, 2.45) is 11.3 Å². The fourth-order valence-corrected chi connectivity index (χ4v) is 3.00. The molecule has 0 saturated heterocycles. The largest absolute Gasteiger partial charge is 0.396 e. The van der Waals surface area contributed by atoms with Crippen LogP contribution in [0.15, 0.2) is 17.5 Å². The minimum Gasteiger partial charge on any atom is -0.396 e. The molecule has 1 aromatic heterocycles. The molecule has 0 amide bonds. The molecule has 2 rings (SSSR count). The van der Waals surface area contributed by atoms with Crippen molar-refractivity contribution in [3.63, 3.8) is 0 Å². The molecule has 1 aromatic rings. The zero-order chi connectivity index (χ0) is 11.6. The lowest BCUT2D eigenvalue weighted by Gasteiger charge is -2.24. The Morgan fingerprint density at radius 2 is 2.25 bits per heavy atom. The Bertz CT molecular complexity index is 317. The average molecular weight is 239 g/mol. The lowest BCUT2D eigenvalue weighted by molar-refractivity contribution is 0.200. The van der Waals surface area contributed by atoms with Crippen molar-refractivity contribution in [3.8, 4) is 0 Å². The first-order valence-corrected chi connectivity index (χ1v) is 6.92. The minimum absolute atomic E-state index is 0.199. The molecule has 1 aliphatic carbocycles. The van der Waals surface area contributed by atoms with Gasteiger partial charge in [0.25, 0.3) is 0 Å². The van der Waals surface area contributed by atoms with Crippen LogP contribution in [0.25, 0.3) is 0 Å². The summed E-state index contributed by atoms with van der Waals surface area (Å²) in [6, 6.07) is 4.74. The van der Waals surface area contributed by atoms with Crippen LogP contribution in [0.4, 0.5) is 0 Å². The number of hydrogen-bond donors (Lipinski definition) is 2. The van der Waals surface area contributed by atoms with Crippen LogP contribution >= 0.6 is 11.3 Å². The summed E-state index contributed by atoms with van der Waals surface area (Å²) in [6.07, 6.45) is 2.34. The van der Waals surface area contributed by atoms with Crippen LogP contribution in [0.5, 0.6) is 0 Å². The Morgan fingerprint density at radius 3 is 2.69 bits per heavy atom. The molecule has 0 aliphatic heterocycles. The second kappa shape index (κ2) is 4.86. The highest BCUT2D eigenvalue weighted by molar-refractivity contribution is 7.10. The molecule has 0 spiro atoms. The van der Waals surface area contributed by atoms with Gasteiger partial charge >= 0.3 is 0 Å². The third kappa shape index (κ3) is 2.65. The number of rotatable bonds is 6. The third-order valence-corrected chi connectivity index (χ3v) is 4.46. The SMILES string of the molecule is CC(C)C(NCC1(CO)CC1)c1cccs1. The summed E-state index contributed by atoms with van der Waals surface area (Å²) < 4.78 is 0. The van der Waals surface area contributed by atoms with Gasteiger partial charge in [0.05, 0.1) is 0 Å². The Balaban J connectivity index is 1.94. The van der Waals surface area contributed by atoms with Crippen molar-refractivity contribution in [2.75, 3.05) is 13.2 Å². The molecular formula is C13H21NOS. The highest BCUT2D eigenvalue weighted by Crippen LogP contribution is 2.45. The normalized spacial score (nSPS) is 20.0. The Morgan fingerprint density at radius 1 is 1.50 bits per heavy atom. The first-order valence-electron chi connectivity index (χ1n) is 6.04. The van der Waals surface area contributed by atoms with Crippen LogP contribution < -0.4 is 5.32 Å². The van der Waals surface area contributed by atoms with Gasteiger partial charge in [-0.3, -0.25) is 0 Å². The number of thiophene rings is 1. The molecule has 1 saturated carbocycles. The molecular weight excluding hydrogens is 218 g/mol. The average Bonchev–Trinajstić information content (AvgIpc) is 2.84. The molecule has 1 atom stereocenters. The Kier molecular flexibility index (Phi) is 3.67. The second-order valence-electron chi connectivity index (χ2n) is 5.28. The van der Waals surface area contributed by atoms with E-state index in [1.165, 1.54) is 17.7 Å². The van der Waals surface area contributed by atoms with Crippen molar-refractivity contribution in [1.82, 2.24) is 5.32 Å². The molecule has 1 aliphatic rings. The van der Waals surface area contributed by atoms with Crippen LogP contribution in [0, 0.1) is 11.3 Å². The van der Waals surface area contributed by atoms with Crippen LogP contribution in [0.1, 0.15) is 37.6 Å². The van der Waals surface area contributed by atoms with E-state index in [2.05, 4.69) is 36.7 Å². The van der Waals surface area contributed by atoms with Gasteiger partial charge in [-0.25, -0.2) is 0 Å². The van der Waals surface area contributed by atoms with Crippen LogP contribution in [-0.4, -0.2) is 18.3 Å². The van der Waals surface area contributed by atoms with E-state index in [0.717, 1.165) is 6.54 Å². The van der Waals surface area contributed by atoms with E-state index in [9.17, 15) is 5.11 Å². The van der Waals surface area contributed by atoms with Crippen LogP contribution in [-0.2, 0) is 0 Å². The van der Waals surface area contributed by atoms with Gasteiger partial charge in [-0.15, -0.1) is 11.3 Å². The maximum absolute atomic E-state index is 9.30. The zero-order valence-electron chi connectivity index (χ0n) is 10.1. The molecule has 3 heteroatoms. The Hall–Kier alpha value is -0.380. The monoisotopic (exact) mass is 239 g/mol. The van der Waals surface area contributed by atoms with Crippen molar-refractivity contribution in [1.29, 1.82) is 0 Å². The van der Waals surface area contributed by atoms with E-state index in [1.807, 2.05) is 11.3 Å². The molecule has 2 nitrogen and oxygen atoms in total. The molecule has 0 bridgehead atoms. The zero-order valence-corrected chi connectivity index (χ0v) is 10.9. The molecule has 1 heterocycles. The fourth-order valence-electron chi connectivity index (χ4n) is 2.03. The van der Waals surface area contributed by atoms with E-state index in [1.54, 1.807) is 0 Å². The highest BCUT2D eigenvalue weighted by atomic mass is 32.1. The van der Waals surface area contributed by atoms with E-state index >= 15 is 0 Å². The number of nitrogens with one attached hydrogen (secondary N) is 1. The summed E-state index contributed by atoms with van der Waals surface area (Å²) in [5.74, 6) is 0.591. The van der Waals surface area contributed by atoms with Crippen molar-refractivity contribution < 1.29 is 5.11 Å². The van der Waals surface area contributed by atoms with Gasteiger partial charge in [-0.2, -0.15) is 0 Å². The van der Waals surface area contributed by atoms with Gasteiger partial charge in [0.1, 0.15) is 0 Å². The number of hydrogen-bond acceptors (Lipinski definition) is 3. The summed E-state index contributed by atoms with van der Waals surface area (Å²) >= 11 is 1.81. The van der Waals surface area contributed by atoms with E-state index in [4.69, 9.17) is 0 Å². The lowest BCUT2D eigenvalue weighted by atomic mass is 10.0. The van der Waals surface area contributed by atoms with Gasteiger partial charge in [0.2, 0.25) is 0 Å². The van der Waals surface area contributed by atoms with Crippen LogP contribution in [0.3, 0.4) is 0 Å². The van der Waals surface area contributed by atoms with Gasteiger partial charge in [0, 0.05) is 29.5 Å². The lowest BCUT2D eigenvalue weighted by Crippen LogP contribution is -2.32.